The van der Waals surface area contributed by atoms with Crippen molar-refractivity contribution in [3.05, 3.63) is 0 Å². The minimum Gasteiger partial charge on any atom is -0.438 e. The normalized spacial score (nSPS) is 18.2. The molecule has 0 bridgehead atoms. The number of hydrogen-bond donors (Lipinski definition) is 1. The summed E-state index contributed by atoms with van der Waals surface area (Å²) in [7, 11) is -5.73. The van der Waals surface area contributed by atoms with E-state index in [0.717, 1.165) is 0 Å². The molecule has 5 nitrogen and oxygen atoms in total. The van der Waals surface area contributed by atoms with Gasteiger partial charge in [0.05, 0.1) is 5.92 Å². The zero-order valence-corrected chi connectivity index (χ0v) is 11.0. The van der Waals surface area contributed by atoms with Crippen molar-refractivity contribution in [1.82, 2.24) is 0 Å². The lowest BCUT2D eigenvalue weighted by Crippen LogP contribution is -2.64. The number of rotatable bonds is 4. The van der Waals surface area contributed by atoms with Crippen molar-refractivity contribution in [2.45, 2.75) is 37.2 Å². The van der Waals surface area contributed by atoms with Crippen LogP contribution in [0, 0.1) is 5.92 Å². The molecule has 0 aromatic carbocycles. The molecule has 0 spiro atoms. The second kappa shape index (κ2) is 5.30. The molecule has 0 amide bonds. The molecular weight excluding hydrogens is 334 g/mol. The maximum Gasteiger partial charge on any atom is 0.438 e. The summed E-state index contributed by atoms with van der Waals surface area (Å²) >= 11 is 0. The first-order chi connectivity index (χ1) is 9.20. The van der Waals surface area contributed by atoms with Crippen LogP contribution in [0.25, 0.3) is 0 Å². The fraction of sp³-hybridized carbons (Fsp3) is 0.889. The van der Waals surface area contributed by atoms with Crippen LogP contribution < -0.4 is 0 Å². The van der Waals surface area contributed by atoms with Gasteiger partial charge in [-0.15, -0.1) is 0 Å². The Morgan fingerprint density at radius 1 is 1.10 bits per heavy atom. The van der Waals surface area contributed by atoms with Gasteiger partial charge >= 0.3 is 23.9 Å². The van der Waals surface area contributed by atoms with E-state index in [0.29, 0.717) is 6.42 Å². The Kier molecular flexibility index (Phi) is 4.55. The van der Waals surface area contributed by atoms with Crippen molar-refractivity contribution in [1.29, 1.82) is 0 Å². The molecule has 1 rings (SSSR count). The van der Waals surface area contributed by atoms with Gasteiger partial charge in [0, 0.05) is 0 Å². The van der Waals surface area contributed by atoms with Crippen molar-refractivity contribution < 1.29 is 48.8 Å². The molecule has 1 saturated carbocycles. The van der Waals surface area contributed by atoms with Crippen molar-refractivity contribution in [3.8, 4) is 0 Å². The van der Waals surface area contributed by atoms with Crippen LogP contribution in [-0.4, -0.2) is 42.6 Å². The van der Waals surface area contributed by atoms with Crippen molar-refractivity contribution in [2.24, 2.45) is 5.92 Å². The van der Waals surface area contributed by atoms with E-state index in [2.05, 4.69) is 4.74 Å². The number of halogens is 6. The zero-order chi connectivity index (χ0) is 16.7. The molecule has 0 aromatic heterocycles. The quantitative estimate of drug-likeness (QED) is 0.480. The first-order valence-corrected chi connectivity index (χ1v) is 7.12. The Hall–Kier alpha value is -1.04. The van der Waals surface area contributed by atoms with Gasteiger partial charge < -0.3 is 4.74 Å². The topological polar surface area (TPSA) is 80.7 Å². The molecule has 0 unspecified atom stereocenters. The molecule has 1 fully saturated rings. The van der Waals surface area contributed by atoms with E-state index in [1.54, 1.807) is 0 Å². The molecule has 12 heteroatoms. The van der Waals surface area contributed by atoms with Gasteiger partial charge in [0.25, 0.3) is 10.1 Å². The van der Waals surface area contributed by atoms with E-state index in [-0.39, 0.29) is 12.8 Å². The van der Waals surface area contributed by atoms with Crippen LogP contribution in [0.1, 0.15) is 19.3 Å². The first kappa shape index (κ1) is 18.0. The Labute approximate surface area is 115 Å². The van der Waals surface area contributed by atoms with Gasteiger partial charge in [-0.25, -0.2) is 0 Å². The molecule has 0 radical (unpaired) electrons. The molecule has 1 aliphatic carbocycles. The highest BCUT2D eigenvalue weighted by atomic mass is 32.2. The Morgan fingerprint density at radius 2 is 1.52 bits per heavy atom. The van der Waals surface area contributed by atoms with Gasteiger partial charge in [-0.05, 0) is 12.8 Å². The minimum absolute atomic E-state index is 0.0521. The number of carbonyl (C=O) groups excluding carboxylic acids is 1. The third-order valence-electron chi connectivity index (χ3n) is 3.01. The lowest BCUT2D eigenvalue weighted by molar-refractivity contribution is -0.362. The molecule has 1 N–H and O–H groups in total. The summed E-state index contributed by atoms with van der Waals surface area (Å²) in [6.45, 7) is 0. The fourth-order valence-corrected chi connectivity index (χ4v) is 2.53. The van der Waals surface area contributed by atoms with Gasteiger partial charge in [0.1, 0.15) is 5.75 Å². The first-order valence-electron chi connectivity index (χ1n) is 5.51. The smallest absolute Gasteiger partial charge is 0.438 e. The monoisotopic (exact) mass is 344 g/mol. The molecule has 21 heavy (non-hydrogen) atoms. The van der Waals surface area contributed by atoms with Crippen molar-refractivity contribution >= 4 is 16.1 Å². The highest BCUT2D eigenvalue weighted by Gasteiger charge is 2.76. The predicted octanol–water partition coefficient (Wildman–Crippen LogP) is 2.08. The highest BCUT2D eigenvalue weighted by molar-refractivity contribution is 7.85. The second-order valence-electron chi connectivity index (χ2n) is 4.60. The summed E-state index contributed by atoms with van der Waals surface area (Å²) in [5, 5.41) is 0. The summed E-state index contributed by atoms with van der Waals surface area (Å²) in [6.07, 6.45) is -12.0. The molecule has 0 aliphatic heterocycles. The SMILES string of the molecule is O=C(OC(CS(=O)(=O)O)(C(F)(F)F)C(F)(F)F)C1CCC1. The van der Waals surface area contributed by atoms with Crippen LogP contribution in [0.2, 0.25) is 0 Å². The summed E-state index contributed by atoms with van der Waals surface area (Å²) < 4.78 is 110. The van der Waals surface area contributed by atoms with Gasteiger partial charge in [-0.3, -0.25) is 9.35 Å². The second-order valence-corrected chi connectivity index (χ2v) is 6.05. The molecule has 1 aliphatic rings. The average Bonchev–Trinajstić information content (AvgIpc) is 2.06. The number of alkyl halides is 6. The van der Waals surface area contributed by atoms with E-state index in [9.17, 15) is 39.6 Å². The summed E-state index contributed by atoms with van der Waals surface area (Å²) in [6, 6.07) is 0. The Bertz CT molecular complexity index is 490. The third-order valence-corrected chi connectivity index (χ3v) is 3.79. The molecule has 0 saturated heterocycles. The lowest BCUT2D eigenvalue weighted by Gasteiger charge is -2.37. The standard InChI is InChI=1S/C9H10F6O5S/c10-8(11,12)7(9(13,14)15,4-21(17,18)19)20-6(16)5-2-1-3-5/h5H,1-4H2,(H,17,18,19). The van der Waals surface area contributed by atoms with Crippen molar-refractivity contribution in [3.63, 3.8) is 0 Å². The van der Waals surface area contributed by atoms with Crippen LogP contribution in [-0.2, 0) is 19.6 Å². The predicted molar refractivity (Wildman–Crippen MR) is 54.7 cm³/mol. The molecular formula is C9H10F6O5S. The van der Waals surface area contributed by atoms with E-state index in [1.165, 1.54) is 0 Å². The largest absolute Gasteiger partial charge is 0.438 e. The fourth-order valence-electron chi connectivity index (χ4n) is 1.63. The van der Waals surface area contributed by atoms with E-state index >= 15 is 0 Å². The average molecular weight is 344 g/mol. The summed E-state index contributed by atoms with van der Waals surface area (Å²) in [4.78, 5) is 11.3. The van der Waals surface area contributed by atoms with Gasteiger partial charge in [0.15, 0.2) is 0 Å². The van der Waals surface area contributed by atoms with Crippen LogP contribution in [0.4, 0.5) is 26.3 Å². The van der Waals surface area contributed by atoms with Crippen molar-refractivity contribution in [2.75, 3.05) is 5.75 Å². The highest BCUT2D eigenvalue weighted by Crippen LogP contribution is 2.47. The third kappa shape index (κ3) is 3.78. The van der Waals surface area contributed by atoms with Crippen LogP contribution >= 0.6 is 0 Å². The van der Waals surface area contributed by atoms with Crippen LogP contribution in [0.3, 0.4) is 0 Å². The van der Waals surface area contributed by atoms with Gasteiger partial charge in [0.2, 0.25) is 0 Å². The van der Waals surface area contributed by atoms with Crippen LogP contribution in [0.15, 0.2) is 0 Å². The number of hydrogen-bond acceptors (Lipinski definition) is 4. The van der Waals surface area contributed by atoms with Gasteiger partial charge in [-0.2, -0.15) is 34.8 Å². The zero-order valence-electron chi connectivity index (χ0n) is 10.2. The van der Waals surface area contributed by atoms with E-state index in [1.807, 2.05) is 0 Å². The number of ether oxygens (including phenoxy) is 1. The minimum atomic E-state index is -6.26. The lowest BCUT2D eigenvalue weighted by atomic mass is 9.85. The molecule has 0 atom stereocenters. The number of carbonyl (C=O) groups is 1. The maximum atomic E-state index is 12.8. The van der Waals surface area contributed by atoms with Gasteiger partial charge in [-0.1, -0.05) is 6.42 Å². The molecule has 0 aromatic rings. The number of esters is 1. The maximum absolute atomic E-state index is 12.8. The van der Waals surface area contributed by atoms with E-state index in [4.69, 9.17) is 4.55 Å². The van der Waals surface area contributed by atoms with E-state index < -0.39 is 45.7 Å². The summed E-state index contributed by atoms with van der Waals surface area (Å²) in [5.41, 5.74) is -5.29. The molecule has 124 valence electrons. The van der Waals surface area contributed by atoms with Crippen LogP contribution in [0.5, 0.6) is 0 Å². The Morgan fingerprint density at radius 3 is 1.76 bits per heavy atom. The Balaban J connectivity index is 3.26. The summed E-state index contributed by atoms with van der Waals surface area (Å²) in [5.74, 6) is -5.78. The molecule has 0 heterocycles.